The number of aromatic nitrogens is 1. The van der Waals surface area contributed by atoms with Crippen molar-refractivity contribution in [3.05, 3.63) is 48.3 Å². The first-order chi connectivity index (χ1) is 11.2. The second-order valence-corrected chi connectivity index (χ2v) is 5.01. The summed E-state index contributed by atoms with van der Waals surface area (Å²) in [5.41, 5.74) is 1.67. The number of methoxy groups -OCH3 is 1. The summed E-state index contributed by atoms with van der Waals surface area (Å²) < 4.78 is 18.4. The van der Waals surface area contributed by atoms with E-state index in [4.69, 9.17) is 10.8 Å². The molecule has 1 amide bonds. The molecule has 0 saturated heterocycles. The molecule has 1 aromatic heterocycles. The average Bonchev–Trinajstić information content (AvgIpc) is 2.60. The predicted octanol–water partition coefficient (Wildman–Crippen LogP) is 2.45. The highest BCUT2D eigenvalue weighted by atomic mass is 16.5. The Morgan fingerprint density at radius 1 is 1.45 bits per heavy atom. The van der Waals surface area contributed by atoms with Gasteiger partial charge >= 0.3 is 0 Å². The fraction of sp³-hybridized carbons (Fsp3) is 0.294. The first-order valence-corrected chi connectivity index (χ1v) is 7.19. The number of rotatable bonds is 4. The fourth-order valence-electron chi connectivity index (χ4n) is 2.44. The topological polar surface area (TPSA) is 51.7 Å². The van der Waals surface area contributed by atoms with Gasteiger partial charge in [-0.25, -0.2) is 0 Å². The SMILES string of the molecule is [2H]c1cncc2c1OCCN2C(=O)CCc1ccc(OC)cc1. The van der Waals surface area contributed by atoms with Gasteiger partial charge in [0, 0.05) is 18.7 Å². The molecule has 0 aliphatic carbocycles. The van der Waals surface area contributed by atoms with Gasteiger partial charge < -0.3 is 14.4 Å². The standard InChI is InChI=1S/C17H18N2O3/c1-21-14-5-2-13(3-6-14)4-7-17(20)19-10-11-22-16-8-9-18-12-15(16)19/h2-3,5-6,8-9,12H,4,7,10-11H2,1H3/i8D. The Morgan fingerprint density at radius 2 is 2.27 bits per heavy atom. The van der Waals surface area contributed by atoms with Crippen molar-refractivity contribution in [2.24, 2.45) is 0 Å². The van der Waals surface area contributed by atoms with Gasteiger partial charge in [0.25, 0.3) is 0 Å². The molecule has 0 radical (unpaired) electrons. The lowest BCUT2D eigenvalue weighted by Gasteiger charge is -2.29. The molecule has 5 heteroatoms. The Hall–Kier alpha value is -2.56. The van der Waals surface area contributed by atoms with Crippen LogP contribution in [0, 0.1) is 0 Å². The van der Waals surface area contributed by atoms with Crippen molar-refractivity contribution in [3.8, 4) is 11.5 Å². The highest BCUT2D eigenvalue weighted by molar-refractivity contribution is 5.95. The monoisotopic (exact) mass is 299 g/mol. The molecular weight excluding hydrogens is 280 g/mol. The lowest BCUT2D eigenvalue weighted by molar-refractivity contribution is -0.118. The Labute approximate surface area is 130 Å². The molecule has 3 rings (SSSR count). The van der Waals surface area contributed by atoms with Crippen molar-refractivity contribution < 1.29 is 15.6 Å². The summed E-state index contributed by atoms with van der Waals surface area (Å²) in [6.07, 6.45) is 4.06. The van der Waals surface area contributed by atoms with E-state index in [1.165, 1.54) is 6.20 Å². The quantitative estimate of drug-likeness (QED) is 0.870. The van der Waals surface area contributed by atoms with Gasteiger partial charge in [-0.3, -0.25) is 9.78 Å². The van der Waals surface area contributed by atoms with Gasteiger partial charge in [-0.2, -0.15) is 0 Å². The van der Waals surface area contributed by atoms with E-state index in [2.05, 4.69) is 4.98 Å². The molecular formula is C17H18N2O3. The summed E-state index contributed by atoms with van der Waals surface area (Å²) in [5.74, 6) is 1.25. The summed E-state index contributed by atoms with van der Waals surface area (Å²) in [7, 11) is 1.63. The smallest absolute Gasteiger partial charge is 0.227 e. The third kappa shape index (κ3) is 3.03. The van der Waals surface area contributed by atoms with Crippen LogP contribution in [-0.2, 0) is 11.2 Å². The predicted molar refractivity (Wildman–Crippen MR) is 83.4 cm³/mol. The van der Waals surface area contributed by atoms with Gasteiger partial charge in [-0.1, -0.05) is 12.1 Å². The highest BCUT2D eigenvalue weighted by Gasteiger charge is 2.23. The molecule has 0 atom stereocenters. The number of amides is 1. The second-order valence-electron chi connectivity index (χ2n) is 5.01. The number of carbonyl (C=O) groups excluding carboxylic acids is 1. The Morgan fingerprint density at radius 3 is 3.05 bits per heavy atom. The maximum Gasteiger partial charge on any atom is 0.227 e. The van der Waals surface area contributed by atoms with Crippen LogP contribution >= 0.6 is 0 Å². The zero-order chi connectivity index (χ0) is 16.2. The molecule has 0 bridgehead atoms. The maximum atomic E-state index is 12.5. The number of aryl methyl sites for hydroxylation is 1. The number of carbonyl (C=O) groups is 1. The van der Waals surface area contributed by atoms with Gasteiger partial charge in [0.05, 0.1) is 21.2 Å². The van der Waals surface area contributed by atoms with Gasteiger partial charge in [0.15, 0.2) is 0 Å². The highest BCUT2D eigenvalue weighted by Crippen LogP contribution is 2.30. The van der Waals surface area contributed by atoms with E-state index >= 15 is 0 Å². The van der Waals surface area contributed by atoms with Crippen LogP contribution in [0.4, 0.5) is 5.69 Å². The van der Waals surface area contributed by atoms with E-state index in [-0.39, 0.29) is 11.9 Å². The Bertz CT molecular complexity index is 703. The van der Waals surface area contributed by atoms with Crippen molar-refractivity contribution in [1.82, 2.24) is 4.98 Å². The van der Waals surface area contributed by atoms with Crippen LogP contribution in [0.2, 0.25) is 0 Å². The Kier molecular flexibility index (Phi) is 3.86. The number of pyridine rings is 1. The van der Waals surface area contributed by atoms with Crippen molar-refractivity contribution in [2.45, 2.75) is 12.8 Å². The molecule has 0 fully saturated rings. The molecule has 5 nitrogen and oxygen atoms in total. The van der Waals surface area contributed by atoms with Crippen molar-refractivity contribution in [2.75, 3.05) is 25.2 Å². The molecule has 0 spiro atoms. The normalized spacial score (nSPS) is 13.9. The minimum absolute atomic E-state index is 0.0118. The van der Waals surface area contributed by atoms with Crippen LogP contribution < -0.4 is 14.4 Å². The molecule has 114 valence electrons. The minimum atomic E-state index is 0.0118. The van der Waals surface area contributed by atoms with E-state index in [1.807, 2.05) is 24.3 Å². The molecule has 22 heavy (non-hydrogen) atoms. The zero-order valence-corrected chi connectivity index (χ0v) is 12.4. The van der Waals surface area contributed by atoms with Gasteiger partial charge in [0.1, 0.15) is 23.8 Å². The summed E-state index contributed by atoms with van der Waals surface area (Å²) in [5, 5.41) is 0. The average molecular weight is 299 g/mol. The molecule has 0 N–H and O–H groups in total. The third-order valence-electron chi connectivity index (χ3n) is 3.64. The third-order valence-corrected chi connectivity index (χ3v) is 3.64. The van der Waals surface area contributed by atoms with Crippen molar-refractivity contribution in [3.63, 3.8) is 0 Å². The number of hydrogen-bond acceptors (Lipinski definition) is 4. The summed E-state index contributed by atoms with van der Waals surface area (Å²) in [6.45, 7) is 0.886. The maximum absolute atomic E-state index is 12.5. The summed E-state index contributed by atoms with van der Waals surface area (Å²) in [4.78, 5) is 18.2. The molecule has 2 heterocycles. The number of fused-ring (bicyclic) bond motifs is 1. The van der Waals surface area contributed by atoms with Crippen LogP contribution in [0.25, 0.3) is 0 Å². The van der Waals surface area contributed by atoms with E-state index in [0.717, 1.165) is 11.3 Å². The summed E-state index contributed by atoms with van der Waals surface area (Å²) in [6, 6.07) is 7.90. The second kappa shape index (κ2) is 6.47. The molecule has 0 unspecified atom stereocenters. The van der Waals surface area contributed by atoms with Gasteiger partial charge in [0.2, 0.25) is 5.91 Å². The molecule has 1 aromatic carbocycles. The van der Waals surface area contributed by atoms with Crippen LogP contribution in [0.1, 0.15) is 13.4 Å². The minimum Gasteiger partial charge on any atom is -0.497 e. The van der Waals surface area contributed by atoms with Crippen LogP contribution in [0.3, 0.4) is 0 Å². The van der Waals surface area contributed by atoms with E-state index in [9.17, 15) is 4.79 Å². The fourth-order valence-corrected chi connectivity index (χ4v) is 2.44. The molecule has 0 saturated carbocycles. The van der Waals surface area contributed by atoms with Crippen LogP contribution in [-0.4, -0.2) is 31.2 Å². The van der Waals surface area contributed by atoms with Crippen LogP contribution in [0.15, 0.2) is 42.7 Å². The number of hydrogen-bond donors (Lipinski definition) is 0. The van der Waals surface area contributed by atoms with Crippen molar-refractivity contribution >= 4 is 11.6 Å². The number of nitrogens with zero attached hydrogens (tertiary/aromatic N) is 2. The lowest BCUT2D eigenvalue weighted by atomic mass is 10.1. The lowest BCUT2D eigenvalue weighted by Crippen LogP contribution is -2.38. The largest absolute Gasteiger partial charge is 0.497 e. The first-order valence-electron chi connectivity index (χ1n) is 7.69. The first kappa shape index (κ1) is 13.1. The molecule has 2 aromatic rings. The number of ether oxygens (including phenoxy) is 2. The van der Waals surface area contributed by atoms with Crippen molar-refractivity contribution in [1.29, 1.82) is 0 Å². The number of benzene rings is 1. The zero-order valence-electron chi connectivity index (χ0n) is 13.4. The molecule has 1 aliphatic rings. The van der Waals surface area contributed by atoms with Gasteiger partial charge in [-0.05, 0) is 24.1 Å². The molecule has 1 aliphatic heterocycles. The van der Waals surface area contributed by atoms with E-state index in [1.54, 1.807) is 18.2 Å². The van der Waals surface area contributed by atoms with Crippen LogP contribution in [0.5, 0.6) is 11.5 Å². The van der Waals surface area contributed by atoms with E-state index in [0.29, 0.717) is 37.4 Å². The van der Waals surface area contributed by atoms with E-state index < -0.39 is 0 Å². The van der Waals surface area contributed by atoms with Gasteiger partial charge in [-0.15, -0.1) is 0 Å². The summed E-state index contributed by atoms with van der Waals surface area (Å²) >= 11 is 0. The Balaban J connectivity index is 1.68. The number of anilines is 1.